The summed E-state index contributed by atoms with van der Waals surface area (Å²) < 4.78 is 5.19. The van der Waals surface area contributed by atoms with Gasteiger partial charge in [-0.25, -0.2) is 4.79 Å². The van der Waals surface area contributed by atoms with Crippen LogP contribution in [0.4, 0.5) is 4.79 Å². The minimum atomic E-state index is -0.432. The molecule has 1 aliphatic heterocycles. The van der Waals surface area contributed by atoms with Crippen LogP contribution in [-0.2, 0) is 4.74 Å². The van der Waals surface area contributed by atoms with Gasteiger partial charge in [-0.2, -0.15) is 0 Å². The van der Waals surface area contributed by atoms with E-state index in [0.717, 1.165) is 19.5 Å². The van der Waals surface area contributed by atoms with Crippen molar-refractivity contribution >= 4 is 6.09 Å². The van der Waals surface area contributed by atoms with Gasteiger partial charge in [0.1, 0.15) is 5.60 Å². The third kappa shape index (κ3) is 5.73. The molecule has 0 radical (unpaired) electrons. The van der Waals surface area contributed by atoms with Crippen LogP contribution in [0.5, 0.6) is 0 Å². The molecule has 0 aromatic carbocycles. The molecule has 4 heteroatoms. The first-order chi connectivity index (χ1) is 7.88. The first-order valence-corrected chi connectivity index (χ1v) is 6.25. The van der Waals surface area contributed by atoms with Crippen molar-refractivity contribution in [1.82, 2.24) is 10.6 Å². The summed E-state index contributed by atoms with van der Waals surface area (Å²) in [6, 6.07) is 0. The van der Waals surface area contributed by atoms with Crippen molar-refractivity contribution in [3.05, 3.63) is 11.6 Å². The zero-order valence-corrected chi connectivity index (χ0v) is 11.3. The average Bonchev–Trinajstić information content (AvgIpc) is 2.25. The molecule has 0 aliphatic carbocycles. The van der Waals surface area contributed by atoms with E-state index in [1.54, 1.807) is 0 Å². The van der Waals surface area contributed by atoms with Gasteiger partial charge < -0.3 is 15.4 Å². The lowest BCUT2D eigenvalue weighted by Gasteiger charge is -2.23. The predicted octanol–water partition coefficient (Wildman–Crippen LogP) is 2.07. The van der Waals surface area contributed by atoms with Crippen molar-refractivity contribution in [3.8, 4) is 0 Å². The van der Waals surface area contributed by atoms with Gasteiger partial charge in [-0.1, -0.05) is 18.6 Å². The van der Waals surface area contributed by atoms with E-state index < -0.39 is 5.60 Å². The van der Waals surface area contributed by atoms with Crippen molar-refractivity contribution in [2.75, 3.05) is 19.6 Å². The van der Waals surface area contributed by atoms with Gasteiger partial charge >= 0.3 is 6.09 Å². The minimum Gasteiger partial charge on any atom is -0.444 e. The molecule has 1 heterocycles. The molecule has 1 amide bonds. The fourth-order valence-corrected chi connectivity index (χ4v) is 1.72. The summed E-state index contributed by atoms with van der Waals surface area (Å²) in [6.45, 7) is 10.3. The van der Waals surface area contributed by atoms with Gasteiger partial charge in [-0.05, 0) is 39.7 Å². The Morgan fingerprint density at radius 3 is 2.82 bits per heavy atom. The second-order valence-corrected chi connectivity index (χ2v) is 5.53. The lowest BCUT2D eigenvalue weighted by atomic mass is 9.98. The van der Waals surface area contributed by atoms with Crippen LogP contribution in [0.1, 0.15) is 34.1 Å². The Hall–Kier alpha value is -1.03. The highest BCUT2D eigenvalue weighted by atomic mass is 16.6. The first-order valence-electron chi connectivity index (χ1n) is 6.25. The Morgan fingerprint density at radius 1 is 1.59 bits per heavy atom. The number of nitrogens with one attached hydrogen (secondary N) is 2. The lowest BCUT2D eigenvalue weighted by molar-refractivity contribution is 0.0522. The van der Waals surface area contributed by atoms with Gasteiger partial charge in [0, 0.05) is 13.1 Å². The van der Waals surface area contributed by atoms with Crippen molar-refractivity contribution < 1.29 is 9.53 Å². The summed E-state index contributed by atoms with van der Waals surface area (Å²) in [4.78, 5) is 11.5. The van der Waals surface area contributed by atoms with Crippen LogP contribution < -0.4 is 10.6 Å². The van der Waals surface area contributed by atoms with Gasteiger partial charge in [0.2, 0.25) is 0 Å². The summed E-state index contributed by atoms with van der Waals surface area (Å²) in [5.74, 6) is 0.357. The van der Waals surface area contributed by atoms with Gasteiger partial charge in [-0.15, -0.1) is 0 Å². The number of amides is 1. The Morgan fingerprint density at radius 2 is 2.29 bits per heavy atom. The summed E-state index contributed by atoms with van der Waals surface area (Å²) >= 11 is 0. The zero-order valence-electron chi connectivity index (χ0n) is 11.3. The smallest absolute Gasteiger partial charge is 0.407 e. The molecule has 0 saturated heterocycles. The van der Waals surface area contributed by atoms with Gasteiger partial charge in [0.25, 0.3) is 0 Å². The molecule has 1 rings (SSSR count). The topological polar surface area (TPSA) is 50.4 Å². The first kappa shape index (κ1) is 14.0. The lowest BCUT2D eigenvalue weighted by Crippen LogP contribution is -2.36. The monoisotopic (exact) mass is 240 g/mol. The number of rotatable bonds is 3. The van der Waals surface area contributed by atoms with Crippen molar-refractivity contribution in [2.45, 2.75) is 39.7 Å². The molecule has 1 unspecified atom stereocenters. The van der Waals surface area contributed by atoms with E-state index in [0.29, 0.717) is 12.5 Å². The maximum absolute atomic E-state index is 11.5. The van der Waals surface area contributed by atoms with E-state index in [1.165, 1.54) is 5.57 Å². The molecule has 0 saturated carbocycles. The predicted molar refractivity (Wildman–Crippen MR) is 69.0 cm³/mol. The minimum absolute atomic E-state index is 0.339. The molecule has 0 aromatic rings. The molecular formula is C13H24N2O2. The maximum Gasteiger partial charge on any atom is 0.407 e. The average molecular weight is 240 g/mol. The zero-order chi connectivity index (χ0) is 12.9. The summed E-state index contributed by atoms with van der Waals surface area (Å²) in [5.41, 5.74) is 0.936. The molecule has 0 spiro atoms. The van der Waals surface area contributed by atoms with Gasteiger partial charge in [0.05, 0.1) is 0 Å². The summed E-state index contributed by atoms with van der Waals surface area (Å²) in [6.07, 6.45) is 3.00. The third-order valence-corrected chi connectivity index (χ3v) is 2.64. The van der Waals surface area contributed by atoms with E-state index in [1.807, 2.05) is 20.8 Å². The molecule has 0 aromatic heterocycles. The fourth-order valence-electron chi connectivity index (χ4n) is 1.72. The van der Waals surface area contributed by atoms with Crippen LogP contribution in [0.3, 0.4) is 0 Å². The fraction of sp³-hybridized carbons (Fsp3) is 0.769. The second-order valence-electron chi connectivity index (χ2n) is 5.53. The van der Waals surface area contributed by atoms with E-state index >= 15 is 0 Å². The van der Waals surface area contributed by atoms with Crippen LogP contribution in [0.25, 0.3) is 0 Å². The maximum atomic E-state index is 11.5. The van der Waals surface area contributed by atoms with Crippen LogP contribution in [0.15, 0.2) is 11.6 Å². The van der Waals surface area contributed by atoms with E-state index in [9.17, 15) is 4.79 Å². The molecular weight excluding hydrogens is 216 g/mol. The Balaban J connectivity index is 2.30. The van der Waals surface area contributed by atoms with Crippen LogP contribution in [0, 0.1) is 5.92 Å². The van der Waals surface area contributed by atoms with Gasteiger partial charge in [-0.3, -0.25) is 0 Å². The molecule has 17 heavy (non-hydrogen) atoms. The quantitative estimate of drug-likeness (QED) is 0.742. The summed E-state index contributed by atoms with van der Waals surface area (Å²) in [5, 5.41) is 6.14. The van der Waals surface area contributed by atoms with Crippen molar-refractivity contribution in [2.24, 2.45) is 5.92 Å². The molecule has 4 nitrogen and oxygen atoms in total. The Labute approximate surface area is 104 Å². The van der Waals surface area contributed by atoms with Crippen LogP contribution >= 0.6 is 0 Å². The summed E-state index contributed by atoms with van der Waals surface area (Å²) in [7, 11) is 0. The van der Waals surface area contributed by atoms with Crippen LogP contribution in [-0.4, -0.2) is 31.3 Å². The van der Waals surface area contributed by atoms with Crippen LogP contribution in [0.2, 0.25) is 0 Å². The van der Waals surface area contributed by atoms with E-state index in [4.69, 9.17) is 4.74 Å². The van der Waals surface area contributed by atoms with Gasteiger partial charge in [0.15, 0.2) is 0 Å². The Kier molecular flexibility index (Phi) is 5.00. The normalized spacial score (nSPS) is 18.2. The molecule has 0 bridgehead atoms. The molecule has 1 atom stereocenters. The van der Waals surface area contributed by atoms with Crippen molar-refractivity contribution in [3.63, 3.8) is 0 Å². The highest BCUT2D eigenvalue weighted by molar-refractivity contribution is 5.67. The number of carbonyl (C=O) groups excluding carboxylic acids is 1. The second kappa shape index (κ2) is 6.05. The number of hydrogen-bond acceptors (Lipinski definition) is 3. The number of hydrogen-bond donors (Lipinski definition) is 2. The van der Waals surface area contributed by atoms with E-state index in [-0.39, 0.29) is 6.09 Å². The number of alkyl carbamates (subject to hydrolysis) is 1. The third-order valence-electron chi connectivity index (χ3n) is 2.64. The Bertz CT molecular complexity index is 292. The molecule has 98 valence electrons. The highest BCUT2D eigenvalue weighted by Gasteiger charge is 2.17. The number of ether oxygens (including phenoxy) is 1. The molecule has 1 aliphatic rings. The SMILES string of the molecule is CC(CNC(=O)OC(C)(C)C)C1=CCCNC1. The molecule has 2 N–H and O–H groups in total. The standard InChI is InChI=1S/C13H24N2O2/c1-10(11-6-5-7-14-9-11)8-15-12(16)17-13(2,3)4/h6,10,14H,5,7-9H2,1-4H3,(H,15,16). The van der Waals surface area contributed by atoms with Crippen molar-refractivity contribution in [1.29, 1.82) is 0 Å². The van der Waals surface area contributed by atoms with E-state index in [2.05, 4.69) is 23.6 Å². The highest BCUT2D eigenvalue weighted by Crippen LogP contribution is 2.13. The molecule has 0 fully saturated rings. The number of carbonyl (C=O) groups is 1. The largest absolute Gasteiger partial charge is 0.444 e.